The van der Waals surface area contributed by atoms with E-state index in [0.29, 0.717) is 22.9 Å². The van der Waals surface area contributed by atoms with E-state index in [-0.39, 0.29) is 9.77 Å². The highest BCUT2D eigenvalue weighted by atomic mass is 32.2. The number of hydrogen-bond acceptors (Lipinski definition) is 4. The lowest BCUT2D eigenvalue weighted by Crippen LogP contribution is -2.28. The van der Waals surface area contributed by atoms with Crippen LogP contribution >= 0.6 is 11.3 Å². The van der Waals surface area contributed by atoms with Crippen LogP contribution in [0.25, 0.3) is 11.1 Å². The highest BCUT2D eigenvalue weighted by molar-refractivity contribution is 7.93. The second-order valence-corrected chi connectivity index (χ2v) is 11.5. The van der Waals surface area contributed by atoms with Crippen molar-refractivity contribution in [2.24, 2.45) is 0 Å². The van der Waals surface area contributed by atoms with Crippen LogP contribution in [0, 0.1) is 6.92 Å². The number of hydrogen-bond donors (Lipinski definition) is 1. The minimum Gasteiger partial charge on any atom is -0.321 e. The third-order valence-electron chi connectivity index (χ3n) is 5.89. The fourth-order valence-electron chi connectivity index (χ4n) is 3.75. The van der Waals surface area contributed by atoms with Crippen molar-refractivity contribution in [1.29, 1.82) is 0 Å². The molecule has 1 amide bonds. The van der Waals surface area contributed by atoms with Crippen LogP contribution in [0.5, 0.6) is 0 Å². The van der Waals surface area contributed by atoms with Gasteiger partial charge < -0.3 is 5.32 Å². The van der Waals surface area contributed by atoms with E-state index in [1.54, 1.807) is 17.5 Å². The molecule has 1 aromatic heterocycles. The molecule has 7 heteroatoms. The Kier molecular flexibility index (Phi) is 7.10. The molecule has 0 radical (unpaired) electrons. The van der Waals surface area contributed by atoms with Crippen molar-refractivity contribution >= 4 is 38.6 Å². The predicted molar refractivity (Wildman–Crippen MR) is 145 cm³/mol. The second kappa shape index (κ2) is 10.1. The van der Waals surface area contributed by atoms with Crippen LogP contribution in [-0.2, 0) is 10.0 Å². The van der Waals surface area contributed by atoms with Gasteiger partial charge in [0.1, 0.15) is 9.77 Å². The number of anilines is 2. The molecule has 0 aliphatic rings. The van der Waals surface area contributed by atoms with Crippen LogP contribution in [0.3, 0.4) is 0 Å². The zero-order valence-corrected chi connectivity index (χ0v) is 21.8. The maximum Gasteiger partial charge on any atom is 0.267 e. The van der Waals surface area contributed by atoms with Gasteiger partial charge in [-0.05, 0) is 48.2 Å². The van der Waals surface area contributed by atoms with E-state index in [2.05, 4.69) is 19.2 Å². The lowest BCUT2D eigenvalue weighted by Gasteiger charge is -2.21. The van der Waals surface area contributed by atoms with E-state index in [1.165, 1.54) is 11.4 Å². The summed E-state index contributed by atoms with van der Waals surface area (Å²) in [6.07, 6.45) is 0. The first-order valence-corrected chi connectivity index (χ1v) is 13.6. The third-order valence-corrected chi connectivity index (χ3v) is 8.87. The molecule has 1 N–H and O–H groups in total. The fraction of sp³-hybridized carbons (Fsp3) is 0.179. The lowest BCUT2D eigenvalue weighted by molar-refractivity contribution is 0.102. The summed E-state index contributed by atoms with van der Waals surface area (Å²) in [5.41, 5.74) is 4.58. The minimum absolute atomic E-state index is 0.00748. The zero-order chi connectivity index (χ0) is 25.2. The van der Waals surface area contributed by atoms with E-state index >= 15 is 0 Å². The van der Waals surface area contributed by atoms with Gasteiger partial charge >= 0.3 is 0 Å². The number of nitrogens with one attached hydrogen (secondary N) is 1. The molecule has 0 saturated heterocycles. The summed E-state index contributed by atoms with van der Waals surface area (Å²) in [7, 11) is -2.53. The van der Waals surface area contributed by atoms with Gasteiger partial charge in [0, 0.05) is 23.7 Å². The quantitative estimate of drug-likeness (QED) is 0.297. The number of amides is 1. The summed E-state index contributed by atoms with van der Waals surface area (Å²) < 4.78 is 29.1. The first-order chi connectivity index (χ1) is 16.7. The molecule has 1 heterocycles. The van der Waals surface area contributed by atoms with E-state index < -0.39 is 15.9 Å². The Bertz CT molecular complexity index is 1420. The normalized spacial score (nSPS) is 11.5. The largest absolute Gasteiger partial charge is 0.321 e. The maximum absolute atomic E-state index is 13.9. The molecule has 5 nitrogen and oxygen atoms in total. The van der Waals surface area contributed by atoms with Gasteiger partial charge in [-0.3, -0.25) is 9.10 Å². The van der Waals surface area contributed by atoms with Gasteiger partial charge in [0.25, 0.3) is 15.9 Å². The number of carbonyl (C=O) groups is 1. The maximum atomic E-state index is 13.9. The summed E-state index contributed by atoms with van der Waals surface area (Å²) in [6, 6.07) is 24.1. The molecule has 0 aliphatic carbocycles. The highest BCUT2D eigenvalue weighted by Gasteiger charge is 2.32. The number of benzene rings is 3. The van der Waals surface area contributed by atoms with Crippen molar-refractivity contribution in [1.82, 2.24) is 0 Å². The van der Waals surface area contributed by atoms with Crippen molar-refractivity contribution in [3.05, 3.63) is 100 Å². The number of thiophene rings is 1. The standard InChI is InChI=1S/C28H28N2O3S2/c1-19(2)21-12-14-23(15-13-21)29-28(31)26-27(25(18-34-26)22-8-6-5-7-9-22)35(32,33)30(4)24-16-10-20(3)11-17-24/h5-19H,1-4H3,(H,29,31). The first kappa shape index (κ1) is 24.7. The molecule has 0 spiro atoms. The predicted octanol–water partition coefficient (Wildman–Crippen LogP) is 6.92. The molecule has 180 valence electrons. The second-order valence-electron chi connectivity index (χ2n) is 8.71. The molecule has 3 aromatic carbocycles. The molecule has 0 saturated carbocycles. The van der Waals surface area contributed by atoms with Gasteiger partial charge in [-0.15, -0.1) is 11.3 Å². The van der Waals surface area contributed by atoms with Crippen molar-refractivity contribution in [3.8, 4) is 11.1 Å². The van der Waals surface area contributed by atoms with Crippen molar-refractivity contribution in [3.63, 3.8) is 0 Å². The van der Waals surface area contributed by atoms with Gasteiger partial charge in [0.2, 0.25) is 0 Å². The fourth-order valence-corrected chi connectivity index (χ4v) is 6.60. The molecule has 0 bridgehead atoms. The molecule has 0 unspecified atom stereocenters. The van der Waals surface area contributed by atoms with Crippen LogP contribution in [0.1, 0.15) is 40.6 Å². The molecule has 4 rings (SSSR count). The summed E-state index contributed by atoms with van der Waals surface area (Å²) in [5, 5.41) is 4.61. The molecule has 0 fully saturated rings. The number of nitrogens with zero attached hydrogens (tertiary/aromatic N) is 1. The summed E-state index contributed by atoms with van der Waals surface area (Å²) in [5.74, 6) is -0.0788. The topological polar surface area (TPSA) is 66.5 Å². The number of carbonyl (C=O) groups excluding carboxylic acids is 1. The third kappa shape index (κ3) is 5.16. The van der Waals surface area contributed by atoms with Gasteiger partial charge in [0.05, 0.1) is 5.69 Å². The SMILES string of the molecule is Cc1ccc(N(C)S(=O)(=O)c2c(-c3ccccc3)csc2C(=O)Nc2ccc(C(C)C)cc2)cc1. The van der Waals surface area contributed by atoms with Gasteiger partial charge in [-0.1, -0.05) is 74.0 Å². The van der Waals surface area contributed by atoms with Crippen LogP contribution in [0.2, 0.25) is 0 Å². The Balaban J connectivity index is 1.77. The molecule has 4 aromatic rings. The van der Waals surface area contributed by atoms with E-state index in [9.17, 15) is 13.2 Å². The molecule has 0 aliphatic heterocycles. The van der Waals surface area contributed by atoms with Crippen LogP contribution in [-0.4, -0.2) is 21.4 Å². The molecule has 0 atom stereocenters. The average molecular weight is 505 g/mol. The summed E-state index contributed by atoms with van der Waals surface area (Å²) in [4.78, 5) is 13.5. The smallest absolute Gasteiger partial charge is 0.267 e. The minimum atomic E-state index is -4.04. The Labute approximate surface area is 211 Å². The van der Waals surface area contributed by atoms with E-state index in [4.69, 9.17) is 0 Å². The Morgan fingerprint density at radius 3 is 2.14 bits per heavy atom. The average Bonchev–Trinajstić information content (AvgIpc) is 3.31. The van der Waals surface area contributed by atoms with Crippen LogP contribution < -0.4 is 9.62 Å². The van der Waals surface area contributed by atoms with Crippen molar-refractivity contribution < 1.29 is 13.2 Å². The van der Waals surface area contributed by atoms with Gasteiger partial charge in [0.15, 0.2) is 0 Å². The zero-order valence-electron chi connectivity index (χ0n) is 20.1. The van der Waals surface area contributed by atoms with Gasteiger partial charge in [-0.25, -0.2) is 8.42 Å². The monoisotopic (exact) mass is 504 g/mol. The lowest BCUT2D eigenvalue weighted by atomic mass is 10.0. The summed E-state index contributed by atoms with van der Waals surface area (Å²) >= 11 is 1.13. The van der Waals surface area contributed by atoms with Crippen molar-refractivity contribution in [2.75, 3.05) is 16.7 Å². The first-order valence-electron chi connectivity index (χ1n) is 11.3. The Hall–Kier alpha value is -3.42. The number of sulfonamides is 1. The Morgan fingerprint density at radius 2 is 1.54 bits per heavy atom. The van der Waals surface area contributed by atoms with Gasteiger partial charge in [-0.2, -0.15) is 0 Å². The molecular formula is C28H28N2O3S2. The van der Waals surface area contributed by atoms with E-state index in [0.717, 1.165) is 28.0 Å². The Morgan fingerprint density at radius 1 is 0.914 bits per heavy atom. The molecular weight excluding hydrogens is 476 g/mol. The van der Waals surface area contributed by atoms with E-state index in [1.807, 2.05) is 73.7 Å². The number of aryl methyl sites for hydroxylation is 1. The molecule has 35 heavy (non-hydrogen) atoms. The van der Waals surface area contributed by atoms with Crippen LogP contribution in [0.4, 0.5) is 11.4 Å². The summed E-state index contributed by atoms with van der Waals surface area (Å²) in [6.45, 7) is 6.15. The number of rotatable bonds is 7. The van der Waals surface area contributed by atoms with Crippen molar-refractivity contribution in [2.45, 2.75) is 31.6 Å². The van der Waals surface area contributed by atoms with Crippen LogP contribution in [0.15, 0.2) is 89.1 Å². The highest BCUT2D eigenvalue weighted by Crippen LogP contribution is 2.38.